The number of carboxylic acid groups (broad SMARTS) is 2. The molecular weight excluding hydrogens is 452 g/mol. The van der Waals surface area contributed by atoms with Gasteiger partial charge in [-0.2, -0.15) is 12.6 Å². The van der Waals surface area contributed by atoms with Crippen molar-refractivity contribution in [2.24, 2.45) is 17.2 Å². The Morgan fingerprint density at radius 2 is 1.25 bits per heavy atom. The highest BCUT2D eigenvalue weighted by Crippen LogP contribution is 2.03. The van der Waals surface area contributed by atoms with Crippen molar-refractivity contribution < 1.29 is 43.8 Å². The van der Waals surface area contributed by atoms with Gasteiger partial charge in [-0.3, -0.25) is 28.8 Å². The Bertz CT molecular complexity index is 762. The number of nitrogens with one attached hydrogen (secondary N) is 3. The molecule has 5 amide bonds. The van der Waals surface area contributed by atoms with Crippen LogP contribution in [0.2, 0.25) is 0 Å². The van der Waals surface area contributed by atoms with Crippen molar-refractivity contribution in [1.29, 1.82) is 0 Å². The third kappa shape index (κ3) is 11.1. The molecule has 180 valence electrons. The lowest BCUT2D eigenvalue weighted by atomic mass is 10.1. The van der Waals surface area contributed by atoms with Gasteiger partial charge in [0.15, 0.2) is 0 Å². The SMILES string of the molecule is NC(=O)CCC(NC(=O)C(N)CS)C(=O)NC(CC(=O)O)C(=O)NC(CC(N)=O)C(=O)O. The Kier molecular flexibility index (Phi) is 12.3. The van der Waals surface area contributed by atoms with Crippen molar-refractivity contribution in [3.8, 4) is 0 Å². The zero-order chi connectivity index (χ0) is 25.0. The van der Waals surface area contributed by atoms with Gasteiger partial charge in [0.1, 0.15) is 18.1 Å². The van der Waals surface area contributed by atoms with Crippen molar-refractivity contribution in [1.82, 2.24) is 16.0 Å². The smallest absolute Gasteiger partial charge is 0.326 e. The summed E-state index contributed by atoms with van der Waals surface area (Å²) in [7, 11) is 0. The number of carboxylic acids is 2. The largest absolute Gasteiger partial charge is 0.481 e. The zero-order valence-electron chi connectivity index (χ0n) is 16.8. The van der Waals surface area contributed by atoms with E-state index in [0.29, 0.717) is 0 Å². The first-order valence-corrected chi connectivity index (χ1v) is 9.70. The third-order valence-corrected chi connectivity index (χ3v) is 4.27. The molecule has 0 aliphatic rings. The summed E-state index contributed by atoms with van der Waals surface area (Å²) in [6.07, 6.45) is -2.39. The third-order valence-electron chi connectivity index (χ3n) is 3.88. The molecule has 15 nitrogen and oxygen atoms in total. The first-order valence-electron chi connectivity index (χ1n) is 9.07. The first-order chi connectivity index (χ1) is 14.8. The molecule has 16 heteroatoms. The summed E-state index contributed by atoms with van der Waals surface area (Å²) in [4.78, 5) is 81.3. The first kappa shape index (κ1) is 28.6. The molecule has 0 bridgehead atoms. The highest BCUT2D eigenvalue weighted by atomic mass is 32.1. The van der Waals surface area contributed by atoms with Gasteiger partial charge in [0.2, 0.25) is 29.5 Å². The Labute approximate surface area is 187 Å². The lowest BCUT2D eigenvalue weighted by molar-refractivity contribution is -0.144. The van der Waals surface area contributed by atoms with E-state index in [0.717, 1.165) is 0 Å². The van der Waals surface area contributed by atoms with Crippen LogP contribution in [0.3, 0.4) is 0 Å². The standard InChI is InChI=1S/C16H26N6O9S/c17-6(5-32)13(27)20-7(1-2-10(18)23)14(28)21-8(4-12(25)26)15(29)22-9(16(30)31)3-11(19)24/h6-9,32H,1-5,17H2,(H2,18,23)(H2,19,24)(H,20,27)(H,21,28)(H,22,29)(H,25,26)(H,30,31). The zero-order valence-corrected chi connectivity index (χ0v) is 17.7. The van der Waals surface area contributed by atoms with Gasteiger partial charge >= 0.3 is 11.9 Å². The minimum atomic E-state index is -1.79. The van der Waals surface area contributed by atoms with Crippen LogP contribution >= 0.6 is 12.6 Å². The molecule has 0 fully saturated rings. The van der Waals surface area contributed by atoms with E-state index in [4.69, 9.17) is 27.4 Å². The molecule has 4 atom stereocenters. The van der Waals surface area contributed by atoms with Gasteiger partial charge < -0.3 is 43.4 Å². The summed E-state index contributed by atoms with van der Waals surface area (Å²) >= 11 is 3.85. The second-order valence-corrected chi connectivity index (χ2v) is 6.95. The maximum absolute atomic E-state index is 12.6. The van der Waals surface area contributed by atoms with E-state index in [1.807, 2.05) is 5.32 Å². The van der Waals surface area contributed by atoms with Crippen molar-refractivity contribution in [2.45, 2.75) is 49.9 Å². The number of thiol groups is 1. The monoisotopic (exact) mass is 478 g/mol. The van der Waals surface area contributed by atoms with Crippen LogP contribution in [0.15, 0.2) is 0 Å². The van der Waals surface area contributed by atoms with E-state index in [2.05, 4.69) is 23.3 Å². The van der Waals surface area contributed by atoms with Crippen LogP contribution in [0, 0.1) is 0 Å². The number of nitrogens with two attached hydrogens (primary N) is 3. The minimum Gasteiger partial charge on any atom is -0.481 e. The minimum absolute atomic E-state index is 0.0729. The van der Waals surface area contributed by atoms with Crippen LogP contribution in [-0.2, 0) is 33.6 Å². The quantitative estimate of drug-likeness (QED) is 0.102. The molecular formula is C16H26N6O9S. The fraction of sp³-hybridized carbons (Fsp3) is 0.562. The highest BCUT2D eigenvalue weighted by Gasteiger charge is 2.32. The molecule has 4 unspecified atom stereocenters. The number of hydrogen-bond acceptors (Lipinski definition) is 9. The van der Waals surface area contributed by atoms with E-state index in [1.165, 1.54) is 0 Å². The van der Waals surface area contributed by atoms with Crippen LogP contribution in [0.4, 0.5) is 0 Å². The summed E-state index contributed by atoms with van der Waals surface area (Å²) in [5.74, 6) is -8.17. The summed E-state index contributed by atoms with van der Waals surface area (Å²) < 4.78 is 0. The molecule has 0 aliphatic heterocycles. The van der Waals surface area contributed by atoms with E-state index in [-0.39, 0.29) is 18.6 Å². The summed E-state index contributed by atoms with van der Waals surface area (Å²) in [5.41, 5.74) is 15.5. The van der Waals surface area contributed by atoms with Crippen molar-refractivity contribution in [3.05, 3.63) is 0 Å². The van der Waals surface area contributed by atoms with Gasteiger partial charge in [-0.1, -0.05) is 0 Å². The lowest BCUT2D eigenvalue weighted by Crippen LogP contribution is -2.58. The van der Waals surface area contributed by atoms with Crippen molar-refractivity contribution in [2.75, 3.05) is 5.75 Å². The molecule has 0 rings (SSSR count). The summed E-state index contributed by atoms with van der Waals surface area (Å²) in [6.45, 7) is 0. The molecule has 0 saturated carbocycles. The van der Waals surface area contributed by atoms with Gasteiger partial charge in [0.05, 0.1) is 18.9 Å². The average Bonchev–Trinajstić information content (AvgIpc) is 2.67. The van der Waals surface area contributed by atoms with Gasteiger partial charge in [-0.15, -0.1) is 0 Å². The highest BCUT2D eigenvalue weighted by molar-refractivity contribution is 7.80. The second kappa shape index (κ2) is 13.8. The van der Waals surface area contributed by atoms with Crippen LogP contribution in [0.1, 0.15) is 25.7 Å². The van der Waals surface area contributed by atoms with Crippen molar-refractivity contribution >= 4 is 54.1 Å². The number of amides is 5. The predicted molar refractivity (Wildman–Crippen MR) is 110 cm³/mol. The molecule has 0 aromatic heterocycles. The second-order valence-electron chi connectivity index (χ2n) is 6.58. The molecule has 0 saturated heterocycles. The lowest BCUT2D eigenvalue weighted by Gasteiger charge is -2.24. The van der Waals surface area contributed by atoms with E-state index in [9.17, 15) is 33.6 Å². The summed E-state index contributed by atoms with van der Waals surface area (Å²) in [6, 6.07) is -6.09. The van der Waals surface area contributed by atoms with Gasteiger partial charge in [-0.25, -0.2) is 4.79 Å². The molecule has 0 aromatic carbocycles. The van der Waals surface area contributed by atoms with Crippen LogP contribution in [0.5, 0.6) is 0 Å². The Hall–Kier alpha value is -3.40. The molecule has 11 N–H and O–H groups in total. The Balaban J connectivity index is 5.55. The molecule has 0 heterocycles. The van der Waals surface area contributed by atoms with E-state index >= 15 is 0 Å². The van der Waals surface area contributed by atoms with Crippen molar-refractivity contribution in [3.63, 3.8) is 0 Å². The van der Waals surface area contributed by atoms with Crippen LogP contribution < -0.4 is 33.2 Å². The predicted octanol–water partition coefficient (Wildman–Crippen LogP) is -4.60. The molecule has 0 aromatic rings. The summed E-state index contributed by atoms with van der Waals surface area (Å²) in [5, 5.41) is 24.3. The van der Waals surface area contributed by atoms with Crippen LogP contribution in [-0.4, -0.2) is 81.6 Å². The number of carbonyl (C=O) groups is 7. The molecule has 0 aliphatic carbocycles. The molecule has 0 radical (unpaired) electrons. The maximum Gasteiger partial charge on any atom is 0.326 e. The van der Waals surface area contributed by atoms with Gasteiger partial charge in [-0.05, 0) is 6.42 Å². The number of primary amides is 2. The number of hydrogen-bond donors (Lipinski definition) is 9. The number of aliphatic carboxylic acids is 2. The topological polar surface area (TPSA) is 274 Å². The Morgan fingerprint density at radius 3 is 1.69 bits per heavy atom. The fourth-order valence-electron chi connectivity index (χ4n) is 2.25. The van der Waals surface area contributed by atoms with Gasteiger partial charge in [0.25, 0.3) is 0 Å². The maximum atomic E-state index is 12.6. The average molecular weight is 478 g/mol. The van der Waals surface area contributed by atoms with Gasteiger partial charge in [0, 0.05) is 12.2 Å². The van der Waals surface area contributed by atoms with E-state index in [1.54, 1.807) is 0 Å². The molecule has 32 heavy (non-hydrogen) atoms. The number of carbonyl (C=O) groups excluding carboxylic acids is 5. The normalized spacial score (nSPS) is 14.2. The van der Waals surface area contributed by atoms with E-state index < -0.39 is 78.5 Å². The molecule has 0 spiro atoms. The number of rotatable bonds is 15. The van der Waals surface area contributed by atoms with Crippen LogP contribution in [0.25, 0.3) is 0 Å². The Morgan fingerprint density at radius 1 is 0.750 bits per heavy atom. The fourth-order valence-corrected chi connectivity index (χ4v) is 2.41.